The number of hydrogen-bond donors (Lipinski definition) is 3. The maximum atomic E-state index is 6.16. The number of hydrazine groups is 1. The summed E-state index contributed by atoms with van der Waals surface area (Å²) in [6, 6.07) is 7.44. The molecular formula is C20H25ClN4S2. The number of rotatable bonds is 3. The Kier molecular flexibility index (Phi) is 5.41. The van der Waals surface area contributed by atoms with Crippen molar-refractivity contribution in [2.24, 2.45) is 28.3 Å². The summed E-state index contributed by atoms with van der Waals surface area (Å²) < 4.78 is 0. The van der Waals surface area contributed by atoms with Gasteiger partial charge < -0.3 is 0 Å². The van der Waals surface area contributed by atoms with Crippen LogP contribution in [-0.4, -0.2) is 15.8 Å². The zero-order valence-electron chi connectivity index (χ0n) is 15.4. The standard InChI is InChI=1S/C20H25ClN4S2/c1-12(20-9-13-6-14(10-20)8-15(7-13)11-20)22-24-19(27)25-23-18(26)16-4-2-3-5-17(16)21/h2-5,13-15H,6-11H2,1H3,(H,23,26)(H2,24,25,27)/b22-12+. The summed E-state index contributed by atoms with van der Waals surface area (Å²) in [5, 5.41) is 5.64. The van der Waals surface area contributed by atoms with E-state index in [2.05, 4.69) is 28.3 Å². The molecule has 0 aromatic heterocycles. The molecule has 4 bridgehead atoms. The van der Waals surface area contributed by atoms with Gasteiger partial charge in [0.2, 0.25) is 5.11 Å². The lowest BCUT2D eigenvalue weighted by Gasteiger charge is -2.56. The van der Waals surface area contributed by atoms with Crippen LogP contribution in [0.5, 0.6) is 0 Å². The number of nitrogens with one attached hydrogen (secondary N) is 3. The lowest BCUT2D eigenvalue weighted by molar-refractivity contribution is -0.0128. The summed E-state index contributed by atoms with van der Waals surface area (Å²) in [6.45, 7) is 2.16. The van der Waals surface area contributed by atoms with E-state index in [0.717, 1.165) is 23.3 Å². The second kappa shape index (κ2) is 7.64. The van der Waals surface area contributed by atoms with Crippen molar-refractivity contribution in [1.29, 1.82) is 0 Å². The first-order valence-electron chi connectivity index (χ1n) is 9.61. The molecule has 7 heteroatoms. The number of nitrogens with zero attached hydrogens (tertiary/aromatic N) is 1. The maximum Gasteiger partial charge on any atom is 0.205 e. The minimum Gasteiger partial charge on any atom is -0.288 e. The van der Waals surface area contributed by atoms with Crippen LogP contribution in [0.15, 0.2) is 29.4 Å². The van der Waals surface area contributed by atoms with Gasteiger partial charge in [0.1, 0.15) is 4.99 Å². The molecule has 4 saturated carbocycles. The second-order valence-electron chi connectivity index (χ2n) is 8.39. The quantitative estimate of drug-likeness (QED) is 0.379. The van der Waals surface area contributed by atoms with Crippen LogP contribution in [0.2, 0.25) is 5.02 Å². The summed E-state index contributed by atoms with van der Waals surface area (Å²) in [4.78, 5) is 0.492. The van der Waals surface area contributed by atoms with E-state index in [-0.39, 0.29) is 5.41 Å². The SMILES string of the molecule is C/C(=N\NC(=S)NNC(=S)c1ccccc1Cl)C12CC3CC(CC(C3)C1)C2. The highest BCUT2D eigenvalue weighted by Crippen LogP contribution is 2.60. The van der Waals surface area contributed by atoms with E-state index in [9.17, 15) is 0 Å². The number of halogens is 1. The van der Waals surface area contributed by atoms with E-state index in [0.29, 0.717) is 15.1 Å². The molecule has 0 aliphatic heterocycles. The van der Waals surface area contributed by atoms with E-state index in [4.69, 9.17) is 36.0 Å². The van der Waals surface area contributed by atoms with Crippen molar-refractivity contribution in [2.75, 3.05) is 0 Å². The van der Waals surface area contributed by atoms with Gasteiger partial charge in [-0.05, 0) is 81.5 Å². The second-order valence-corrected chi connectivity index (χ2v) is 9.62. The Morgan fingerprint density at radius 1 is 1.04 bits per heavy atom. The average Bonchev–Trinajstić information content (AvgIpc) is 2.63. The van der Waals surface area contributed by atoms with E-state index >= 15 is 0 Å². The smallest absolute Gasteiger partial charge is 0.205 e. The monoisotopic (exact) mass is 420 g/mol. The van der Waals surface area contributed by atoms with Crippen LogP contribution < -0.4 is 16.3 Å². The minimum absolute atomic E-state index is 0.289. The van der Waals surface area contributed by atoms with Gasteiger partial charge in [0.25, 0.3) is 0 Å². The van der Waals surface area contributed by atoms with Gasteiger partial charge in [-0.15, -0.1) is 0 Å². The molecular weight excluding hydrogens is 396 g/mol. The van der Waals surface area contributed by atoms with Crippen LogP contribution >= 0.6 is 36.0 Å². The normalized spacial score (nSPS) is 31.5. The third kappa shape index (κ3) is 3.98. The van der Waals surface area contributed by atoms with E-state index in [1.54, 1.807) is 6.07 Å². The van der Waals surface area contributed by atoms with Crippen molar-refractivity contribution in [1.82, 2.24) is 16.3 Å². The van der Waals surface area contributed by atoms with Gasteiger partial charge in [0, 0.05) is 16.7 Å². The molecule has 1 aromatic carbocycles. The van der Waals surface area contributed by atoms with Crippen molar-refractivity contribution in [3.05, 3.63) is 34.9 Å². The summed E-state index contributed by atoms with van der Waals surface area (Å²) in [6.07, 6.45) is 8.19. The molecule has 1 aromatic rings. The average molecular weight is 421 g/mol. The van der Waals surface area contributed by atoms with E-state index < -0.39 is 0 Å². The van der Waals surface area contributed by atoms with Gasteiger partial charge in [0.15, 0.2) is 0 Å². The van der Waals surface area contributed by atoms with Crippen LogP contribution in [0.25, 0.3) is 0 Å². The Morgan fingerprint density at radius 3 is 2.22 bits per heavy atom. The molecule has 0 amide bonds. The minimum atomic E-state index is 0.289. The molecule has 144 valence electrons. The lowest BCUT2D eigenvalue weighted by atomic mass is 9.48. The maximum absolute atomic E-state index is 6.16. The van der Waals surface area contributed by atoms with Gasteiger partial charge >= 0.3 is 0 Å². The summed E-state index contributed by atoms with van der Waals surface area (Å²) >= 11 is 16.9. The highest BCUT2D eigenvalue weighted by atomic mass is 35.5. The Bertz CT molecular complexity index is 757. The Labute approximate surface area is 176 Å². The number of thiocarbonyl (C=S) groups is 2. The summed E-state index contributed by atoms with van der Waals surface area (Å²) in [5.74, 6) is 2.71. The van der Waals surface area contributed by atoms with Gasteiger partial charge in [-0.2, -0.15) is 5.10 Å². The van der Waals surface area contributed by atoms with Crippen molar-refractivity contribution in [2.45, 2.75) is 45.4 Å². The van der Waals surface area contributed by atoms with Crippen LogP contribution in [0.1, 0.15) is 51.0 Å². The van der Waals surface area contributed by atoms with Crippen LogP contribution in [0.4, 0.5) is 0 Å². The van der Waals surface area contributed by atoms with Crippen molar-refractivity contribution < 1.29 is 0 Å². The zero-order chi connectivity index (χ0) is 19.0. The highest BCUT2D eigenvalue weighted by Gasteiger charge is 2.52. The largest absolute Gasteiger partial charge is 0.288 e. The molecule has 0 saturated heterocycles. The van der Waals surface area contributed by atoms with Crippen LogP contribution in [0.3, 0.4) is 0 Å². The van der Waals surface area contributed by atoms with Gasteiger partial charge in [-0.1, -0.05) is 42.0 Å². The van der Waals surface area contributed by atoms with Gasteiger partial charge in [-0.3, -0.25) is 16.3 Å². The number of hydrazone groups is 1. The van der Waals surface area contributed by atoms with E-state index in [1.165, 1.54) is 44.2 Å². The molecule has 5 rings (SSSR count). The first kappa shape index (κ1) is 19.1. The molecule has 3 N–H and O–H groups in total. The van der Waals surface area contributed by atoms with Crippen molar-refractivity contribution in [3.63, 3.8) is 0 Å². The highest BCUT2D eigenvalue weighted by molar-refractivity contribution is 7.81. The summed E-state index contributed by atoms with van der Waals surface area (Å²) in [7, 11) is 0. The third-order valence-electron chi connectivity index (χ3n) is 6.54. The van der Waals surface area contributed by atoms with Crippen LogP contribution in [-0.2, 0) is 0 Å². The predicted molar refractivity (Wildman–Crippen MR) is 119 cm³/mol. The Morgan fingerprint density at radius 2 is 1.63 bits per heavy atom. The Balaban J connectivity index is 1.32. The topological polar surface area (TPSA) is 48.5 Å². The molecule has 0 radical (unpaired) electrons. The Hall–Kier alpha value is -1.24. The van der Waals surface area contributed by atoms with Gasteiger partial charge in [-0.25, -0.2) is 0 Å². The fraction of sp³-hybridized carbons (Fsp3) is 0.550. The summed E-state index contributed by atoms with van der Waals surface area (Å²) in [5.41, 5.74) is 11.1. The van der Waals surface area contributed by atoms with Crippen molar-refractivity contribution in [3.8, 4) is 0 Å². The van der Waals surface area contributed by atoms with E-state index in [1.807, 2.05) is 18.2 Å². The van der Waals surface area contributed by atoms with Gasteiger partial charge in [0.05, 0.1) is 5.02 Å². The molecule has 4 aliphatic carbocycles. The number of benzene rings is 1. The predicted octanol–water partition coefficient (Wildman–Crippen LogP) is 4.58. The number of hydrogen-bond acceptors (Lipinski definition) is 3. The fourth-order valence-corrected chi connectivity index (χ4v) is 6.27. The van der Waals surface area contributed by atoms with Crippen LogP contribution in [0, 0.1) is 23.2 Å². The molecule has 4 fully saturated rings. The fourth-order valence-electron chi connectivity index (χ4n) is 5.66. The zero-order valence-corrected chi connectivity index (χ0v) is 17.8. The van der Waals surface area contributed by atoms with Crippen molar-refractivity contribution >= 4 is 51.8 Å². The lowest BCUT2D eigenvalue weighted by Crippen LogP contribution is -2.50. The molecule has 27 heavy (non-hydrogen) atoms. The molecule has 0 atom stereocenters. The molecule has 0 heterocycles. The third-order valence-corrected chi connectivity index (χ3v) is 7.38. The molecule has 4 aliphatic rings. The molecule has 4 nitrogen and oxygen atoms in total. The first-order chi connectivity index (χ1) is 12.9. The molecule has 0 unspecified atom stereocenters. The first-order valence-corrected chi connectivity index (χ1v) is 10.8. The molecule has 0 spiro atoms.